The molecule has 8 heteroatoms. The van der Waals surface area contributed by atoms with Crippen molar-refractivity contribution in [2.75, 3.05) is 32.0 Å². The zero-order chi connectivity index (χ0) is 15.6. The maximum Gasteiger partial charge on any atom is 0.339 e. The number of urea groups is 1. The second-order valence-electron chi connectivity index (χ2n) is 4.63. The van der Waals surface area contributed by atoms with E-state index in [1.807, 2.05) is 0 Å². The van der Waals surface area contributed by atoms with E-state index < -0.39 is 12.0 Å². The summed E-state index contributed by atoms with van der Waals surface area (Å²) in [7, 11) is 1.66. The summed E-state index contributed by atoms with van der Waals surface area (Å²) in [6.45, 7) is 0.788. The van der Waals surface area contributed by atoms with Crippen molar-refractivity contribution >= 4 is 35.2 Å². The van der Waals surface area contributed by atoms with Crippen molar-refractivity contribution in [1.29, 1.82) is 0 Å². The monoisotopic (exact) mass is 311 g/mol. The molecule has 21 heavy (non-hydrogen) atoms. The van der Waals surface area contributed by atoms with Gasteiger partial charge in [0.15, 0.2) is 0 Å². The molecule has 2 rings (SSSR count). The number of hydrogen-bond acceptors (Lipinski definition) is 3. The lowest BCUT2D eigenvalue weighted by Crippen LogP contribution is -2.51. The number of carboxylic acid groups (broad SMARTS) is 1. The van der Waals surface area contributed by atoms with Crippen LogP contribution in [0.15, 0.2) is 18.2 Å². The molecule has 1 aliphatic heterocycles. The van der Waals surface area contributed by atoms with Crippen LogP contribution in [0.5, 0.6) is 0 Å². The highest BCUT2D eigenvalue weighted by Crippen LogP contribution is 2.24. The van der Waals surface area contributed by atoms with Crippen LogP contribution in [0.3, 0.4) is 0 Å². The van der Waals surface area contributed by atoms with Crippen LogP contribution in [0.4, 0.5) is 10.5 Å². The Morgan fingerprint density at radius 3 is 2.67 bits per heavy atom. The number of likely N-dealkylation sites (N-methyl/N-ethyl adjacent to an activating group) is 1. The number of amides is 3. The number of carbonyl (C=O) groups is 3. The van der Waals surface area contributed by atoms with Gasteiger partial charge in [0, 0.05) is 20.1 Å². The van der Waals surface area contributed by atoms with Crippen LogP contribution in [0.2, 0.25) is 5.02 Å². The number of carbonyl (C=O) groups excluding carboxylic acids is 2. The van der Waals surface area contributed by atoms with Crippen molar-refractivity contribution < 1.29 is 19.5 Å². The number of benzene rings is 1. The van der Waals surface area contributed by atoms with Crippen LogP contribution < -0.4 is 5.32 Å². The highest BCUT2D eigenvalue weighted by molar-refractivity contribution is 6.34. The first kappa shape index (κ1) is 15.1. The van der Waals surface area contributed by atoms with Gasteiger partial charge in [-0.15, -0.1) is 0 Å². The number of hydrogen-bond donors (Lipinski definition) is 2. The second kappa shape index (κ2) is 6.01. The first-order valence-corrected chi connectivity index (χ1v) is 6.59. The van der Waals surface area contributed by atoms with Gasteiger partial charge in [-0.2, -0.15) is 0 Å². The Kier molecular flexibility index (Phi) is 4.32. The lowest BCUT2D eigenvalue weighted by atomic mass is 10.2. The van der Waals surface area contributed by atoms with Crippen molar-refractivity contribution in [2.45, 2.75) is 0 Å². The minimum Gasteiger partial charge on any atom is -0.478 e. The molecule has 3 amide bonds. The SMILES string of the molecule is CN1CCN(C(=O)Nc2cccc(Cl)c2C(=O)O)CC1=O. The van der Waals surface area contributed by atoms with Gasteiger partial charge in [-0.05, 0) is 12.1 Å². The van der Waals surface area contributed by atoms with Gasteiger partial charge in [-0.3, -0.25) is 4.79 Å². The summed E-state index contributed by atoms with van der Waals surface area (Å²) in [5, 5.41) is 11.7. The van der Waals surface area contributed by atoms with Crippen LogP contribution >= 0.6 is 11.6 Å². The molecule has 2 N–H and O–H groups in total. The lowest BCUT2D eigenvalue weighted by Gasteiger charge is -2.32. The lowest BCUT2D eigenvalue weighted by molar-refractivity contribution is -0.133. The standard InChI is InChI=1S/C13H14ClN3O4/c1-16-5-6-17(7-10(16)18)13(21)15-9-4-2-3-8(14)11(9)12(19)20/h2-4H,5-7H2,1H3,(H,15,21)(H,19,20). The molecule has 112 valence electrons. The first-order valence-electron chi connectivity index (χ1n) is 6.22. The van der Waals surface area contributed by atoms with Crippen LogP contribution in [-0.4, -0.2) is 59.5 Å². The van der Waals surface area contributed by atoms with Gasteiger partial charge in [0.25, 0.3) is 0 Å². The molecule has 0 aliphatic carbocycles. The third kappa shape index (κ3) is 3.25. The van der Waals surface area contributed by atoms with Gasteiger partial charge in [0.05, 0.1) is 10.7 Å². The molecule has 0 atom stereocenters. The molecule has 1 heterocycles. The zero-order valence-electron chi connectivity index (χ0n) is 11.3. The molecule has 7 nitrogen and oxygen atoms in total. The van der Waals surface area contributed by atoms with E-state index in [0.717, 1.165) is 0 Å². The largest absolute Gasteiger partial charge is 0.478 e. The Bertz CT molecular complexity index is 605. The number of halogens is 1. The normalized spacial score (nSPS) is 15.0. The summed E-state index contributed by atoms with van der Waals surface area (Å²) < 4.78 is 0. The van der Waals surface area contributed by atoms with Gasteiger partial charge in [0.1, 0.15) is 12.1 Å². The molecule has 1 fully saturated rings. The molecule has 1 saturated heterocycles. The number of nitrogens with zero attached hydrogens (tertiary/aromatic N) is 2. The van der Waals surface area contributed by atoms with Crippen molar-refractivity contribution in [1.82, 2.24) is 9.80 Å². The molecular weight excluding hydrogens is 298 g/mol. The van der Waals surface area contributed by atoms with E-state index in [-0.39, 0.29) is 28.7 Å². The summed E-state index contributed by atoms with van der Waals surface area (Å²) in [6.07, 6.45) is 0. The molecule has 0 bridgehead atoms. The van der Waals surface area contributed by atoms with Crippen molar-refractivity contribution in [2.24, 2.45) is 0 Å². The molecule has 0 saturated carbocycles. The molecule has 1 aromatic carbocycles. The fourth-order valence-corrected chi connectivity index (χ4v) is 2.23. The molecule has 0 radical (unpaired) electrons. The second-order valence-corrected chi connectivity index (χ2v) is 5.04. The maximum atomic E-state index is 12.1. The quantitative estimate of drug-likeness (QED) is 0.862. The minimum absolute atomic E-state index is 0.0364. The number of nitrogens with one attached hydrogen (secondary N) is 1. The Hall–Kier alpha value is -2.28. The van der Waals surface area contributed by atoms with Crippen LogP contribution in [0, 0.1) is 0 Å². The Labute approximate surface area is 126 Å². The molecular formula is C13H14ClN3O4. The summed E-state index contributed by atoms with van der Waals surface area (Å²) >= 11 is 5.83. The Balaban J connectivity index is 2.15. The first-order chi connectivity index (χ1) is 9.90. The van der Waals surface area contributed by atoms with Gasteiger partial charge in [-0.25, -0.2) is 9.59 Å². The average molecular weight is 312 g/mol. The minimum atomic E-state index is -1.23. The van der Waals surface area contributed by atoms with Gasteiger partial charge >= 0.3 is 12.0 Å². The number of aromatic carboxylic acids is 1. The van der Waals surface area contributed by atoms with Crippen LogP contribution in [0.25, 0.3) is 0 Å². The summed E-state index contributed by atoms with van der Waals surface area (Å²) in [4.78, 5) is 37.7. The summed E-state index contributed by atoms with van der Waals surface area (Å²) in [5.41, 5.74) is -0.0700. The molecule has 0 aromatic heterocycles. The number of anilines is 1. The fourth-order valence-electron chi connectivity index (χ4n) is 1.97. The van der Waals surface area contributed by atoms with Gasteiger partial charge < -0.3 is 20.2 Å². The topological polar surface area (TPSA) is 89.9 Å². The molecule has 1 aromatic rings. The highest BCUT2D eigenvalue weighted by Gasteiger charge is 2.26. The predicted octanol–water partition coefficient (Wildman–Crippen LogP) is 1.34. The van der Waals surface area contributed by atoms with E-state index in [0.29, 0.717) is 13.1 Å². The smallest absolute Gasteiger partial charge is 0.339 e. The van der Waals surface area contributed by atoms with E-state index in [4.69, 9.17) is 16.7 Å². The Morgan fingerprint density at radius 2 is 2.05 bits per heavy atom. The van der Waals surface area contributed by atoms with E-state index in [2.05, 4.69) is 5.32 Å². The van der Waals surface area contributed by atoms with E-state index >= 15 is 0 Å². The summed E-state index contributed by atoms with van der Waals surface area (Å²) in [6, 6.07) is 3.89. The number of rotatable bonds is 2. The van der Waals surface area contributed by atoms with E-state index in [1.54, 1.807) is 13.1 Å². The third-order valence-electron chi connectivity index (χ3n) is 3.21. The van der Waals surface area contributed by atoms with Crippen molar-refractivity contribution in [3.63, 3.8) is 0 Å². The molecule has 1 aliphatic rings. The van der Waals surface area contributed by atoms with Gasteiger partial charge in [0.2, 0.25) is 5.91 Å². The fraction of sp³-hybridized carbons (Fsp3) is 0.308. The van der Waals surface area contributed by atoms with Gasteiger partial charge in [-0.1, -0.05) is 17.7 Å². The van der Waals surface area contributed by atoms with Crippen LogP contribution in [-0.2, 0) is 4.79 Å². The van der Waals surface area contributed by atoms with E-state index in [9.17, 15) is 14.4 Å². The van der Waals surface area contributed by atoms with Crippen molar-refractivity contribution in [3.8, 4) is 0 Å². The number of piperazine rings is 1. The van der Waals surface area contributed by atoms with Crippen LogP contribution in [0.1, 0.15) is 10.4 Å². The van der Waals surface area contributed by atoms with Crippen molar-refractivity contribution in [3.05, 3.63) is 28.8 Å². The van der Waals surface area contributed by atoms with E-state index in [1.165, 1.54) is 21.9 Å². The highest BCUT2D eigenvalue weighted by atomic mass is 35.5. The molecule has 0 unspecified atom stereocenters. The Morgan fingerprint density at radius 1 is 1.33 bits per heavy atom. The third-order valence-corrected chi connectivity index (χ3v) is 3.53. The number of carboxylic acids is 1. The predicted molar refractivity (Wildman–Crippen MR) is 76.6 cm³/mol. The molecule has 0 spiro atoms. The summed E-state index contributed by atoms with van der Waals surface area (Å²) in [5.74, 6) is -1.40. The maximum absolute atomic E-state index is 12.1. The average Bonchev–Trinajstić information content (AvgIpc) is 2.41. The zero-order valence-corrected chi connectivity index (χ0v) is 12.1.